The van der Waals surface area contributed by atoms with Crippen molar-refractivity contribution in [2.75, 3.05) is 0 Å². The monoisotopic (exact) mass is 227 g/mol. The van der Waals surface area contributed by atoms with Gasteiger partial charge in [0, 0.05) is 6.04 Å². The molecule has 0 heterocycles. The van der Waals surface area contributed by atoms with Crippen molar-refractivity contribution in [1.82, 2.24) is 5.32 Å². The van der Waals surface area contributed by atoms with Crippen LogP contribution in [0.2, 0.25) is 0 Å². The summed E-state index contributed by atoms with van der Waals surface area (Å²) in [6, 6.07) is 0.0605. The standard InChI is InChI=1S/C13H25NO2/c1-8(2)5-12(13(15)16)14-11-6-10(7-11)9(3)4/h8-12,14H,5-7H2,1-4H3,(H,15,16). The Morgan fingerprint density at radius 2 is 1.88 bits per heavy atom. The molecule has 0 amide bonds. The number of nitrogens with one attached hydrogen (secondary N) is 1. The Hall–Kier alpha value is -0.570. The molecule has 1 saturated carbocycles. The predicted molar refractivity (Wildman–Crippen MR) is 65.4 cm³/mol. The number of rotatable bonds is 6. The molecule has 1 aliphatic carbocycles. The SMILES string of the molecule is CC(C)CC(NC1CC(C(C)C)C1)C(=O)O. The van der Waals surface area contributed by atoms with Gasteiger partial charge in [0.1, 0.15) is 6.04 Å². The third kappa shape index (κ3) is 3.78. The van der Waals surface area contributed by atoms with E-state index in [0.717, 1.165) is 31.1 Å². The molecule has 3 nitrogen and oxygen atoms in total. The Balaban J connectivity index is 2.32. The lowest BCUT2D eigenvalue weighted by atomic mass is 9.73. The maximum atomic E-state index is 11.1. The zero-order chi connectivity index (χ0) is 12.3. The van der Waals surface area contributed by atoms with E-state index in [0.29, 0.717) is 12.0 Å². The van der Waals surface area contributed by atoms with E-state index >= 15 is 0 Å². The summed E-state index contributed by atoms with van der Waals surface area (Å²) in [4.78, 5) is 11.1. The summed E-state index contributed by atoms with van der Waals surface area (Å²) in [6.07, 6.45) is 3.00. The lowest BCUT2D eigenvalue weighted by Gasteiger charge is -2.40. The number of hydrogen-bond acceptors (Lipinski definition) is 2. The van der Waals surface area contributed by atoms with Gasteiger partial charge in [-0.05, 0) is 37.0 Å². The van der Waals surface area contributed by atoms with Crippen LogP contribution in [0, 0.1) is 17.8 Å². The Labute approximate surface area is 98.6 Å². The van der Waals surface area contributed by atoms with Crippen LogP contribution in [0.15, 0.2) is 0 Å². The first-order valence-electron chi connectivity index (χ1n) is 6.39. The van der Waals surface area contributed by atoms with Gasteiger partial charge in [0.2, 0.25) is 0 Å². The van der Waals surface area contributed by atoms with Crippen molar-refractivity contribution in [1.29, 1.82) is 0 Å². The number of carboxylic acids is 1. The minimum absolute atomic E-state index is 0.363. The van der Waals surface area contributed by atoms with Crippen molar-refractivity contribution in [3.05, 3.63) is 0 Å². The minimum atomic E-state index is -0.707. The van der Waals surface area contributed by atoms with Crippen LogP contribution < -0.4 is 5.32 Å². The third-order valence-electron chi connectivity index (χ3n) is 3.56. The van der Waals surface area contributed by atoms with Crippen LogP contribution in [0.5, 0.6) is 0 Å². The Morgan fingerprint density at radius 1 is 1.31 bits per heavy atom. The van der Waals surface area contributed by atoms with Crippen LogP contribution in [0.3, 0.4) is 0 Å². The molecule has 0 aromatic heterocycles. The summed E-state index contributed by atoms with van der Waals surface area (Å²) in [5.74, 6) is 1.23. The number of hydrogen-bond donors (Lipinski definition) is 2. The van der Waals surface area contributed by atoms with Crippen LogP contribution in [-0.4, -0.2) is 23.2 Å². The quantitative estimate of drug-likeness (QED) is 0.733. The summed E-state index contributed by atoms with van der Waals surface area (Å²) in [5, 5.41) is 12.4. The molecule has 1 aliphatic rings. The highest BCUT2D eigenvalue weighted by Gasteiger charge is 2.33. The third-order valence-corrected chi connectivity index (χ3v) is 3.56. The lowest BCUT2D eigenvalue weighted by molar-refractivity contribution is -0.140. The fourth-order valence-electron chi connectivity index (χ4n) is 2.34. The van der Waals surface area contributed by atoms with Gasteiger partial charge in [0.25, 0.3) is 0 Å². The molecule has 0 bridgehead atoms. The van der Waals surface area contributed by atoms with E-state index in [1.54, 1.807) is 0 Å². The van der Waals surface area contributed by atoms with Crippen LogP contribution in [0.1, 0.15) is 47.0 Å². The molecule has 1 unspecified atom stereocenters. The van der Waals surface area contributed by atoms with Gasteiger partial charge in [-0.25, -0.2) is 0 Å². The summed E-state index contributed by atoms with van der Waals surface area (Å²) >= 11 is 0. The molecule has 0 aromatic carbocycles. The zero-order valence-electron chi connectivity index (χ0n) is 10.9. The van der Waals surface area contributed by atoms with Crippen molar-refractivity contribution in [3.63, 3.8) is 0 Å². The first-order chi connectivity index (χ1) is 7.40. The first kappa shape index (κ1) is 13.5. The maximum Gasteiger partial charge on any atom is 0.320 e. The van der Waals surface area contributed by atoms with Crippen LogP contribution in [-0.2, 0) is 4.79 Å². The topological polar surface area (TPSA) is 49.3 Å². The molecule has 94 valence electrons. The van der Waals surface area contributed by atoms with Gasteiger partial charge in [-0.15, -0.1) is 0 Å². The predicted octanol–water partition coefficient (Wildman–Crippen LogP) is 2.51. The smallest absolute Gasteiger partial charge is 0.320 e. The van der Waals surface area contributed by atoms with E-state index in [4.69, 9.17) is 5.11 Å². The minimum Gasteiger partial charge on any atom is -0.480 e. The fraction of sp³-hybridized carbons (Fsp3) is 0.923. The van der Waals surface area contributed by atoms with Gasteiger partial charge >= 0.3 is 5.97 Å². The van der Waals surface area contributed by atoms with E-state index < -0.39 is 5.97 Å². The molecule has 1 fully saturated rings. The molecular weight excluding hydrogens is 202 g/mol. The molecule has 0 spiro atoms. The summed E-state index contributed by atoms with van der Waals surface area (Å²) in [5.41, 5.74) is 0. The first-order valence-corrected chi connectivity index (χ1v) is 6.39. The molecule has 2 N–H and O–H groups in total. The van der Waals surface area contributed by atoms with Crippen molar-refractivity contribution >= 4 is 5.97 Å². The van der Waals surface area contributed by atoms with Crippen LogP contribution >= 0.6 is 0 Å². The highest BCUT2D eigenvalue weighted by molar-refractivity contribution is 5.73. The van der Waals surface area contributed by atoms with Crippen LogP contribution in [0.4, 0.5) is 0 Å². The normalized spacial score (nSPS) is 26.9. The van der Waals surface area contributed by atoms with E-state index in [2.05, 4.69) is 33.0 Å². The van der Waals surface area contributed by atoms with E-state index in [9.17, 15) is 4.79 Å². The average molecular weight is 227 g/mol. The fourth-order valence-corrected chi connectivity index (χ4v) is 2.34. The van der Waals surface area contributed by atoms with E-state index in [1.165, 1.54) is 0 Å². The van der Waals surface area contributed by atoms with Gasteiger partial charge < -0.3 is 10.4 Å². The molecule has 0 aliphatic heterocycles. The largest absolute Gasteiger partial charge is 0.480 e. The van der Waals surface area contributed by atoms with Gasteiger partial charge in [0.15, 0.2) is 0 Å². The van der Waals surface area contributed by atoms with Crippen molar-refractivity contribution in [2.45, 2.75) is 59.0 Å². The molecule has 0 saturated heterocycles. The number of carboxylic acid groups (broad SMARTS) is 1. The summed E-state index contributed by atoms with van der Waals surface area (Å²) in [6.45, 7) is 8.61. The highest BCUT2D eigenvalue weighted by Crippen LogP contribution is 2.34. The molecule has 1 rings (SSSR count). The molecule has 3 heteroatoms. The molecular formula is C13H25NO2. The Morgan fingerprint density at radius 3 is 2.25 bits per heavy atom. The maximum absolute atomic E-state index is 11.1. The second-order valence-corrected chi connectivity index (χ2v) is 5.86. The summed E-state index contributed by atoms with van der Waals surface area (Å²) in [7, 11) is 0. The van der Waals surface area contributed by atoms with E-state index in [-0.39, 0.29) is 6.04 Å². The molecule has 16 heavy (non-hydrogen) atoms. The molecule has 1 atom stereocenters. The zero-order valence-corrected chi connectivity index (χ0v) is 10.9. The van der Waals surface area contributed by atoms with Crippen molar-refractivity contribution in [2.24, 2.45) is 17.8 Å². The average Bonchev–Trinajstić information content (AvgIpc) is 2.06. The molecule has 0 radical (unpaired) electrons. The van der Waals surface area contributed by atoms with Gasteiger partial charge in [-0.3, -0.25) is 4.79 Å². The van der Waals surface area contributed by atoms with Gasteiger partial charge in [0.05, 0.1) is 0 Å². The van der Waals surface area contributed by atoms with Crippen LogP contribution in [0.25, 0.3) is 0 Å². The Bertz CT molecular complexity index is 232. The lowest BCUT2D eigenvalue weighted by Crippen LogP contribution is -2.50. The van der Waals surface area contributed by atoms with Crippen molar-refractivity contribution in [3.8, 4) is 0 Å². The second-order valence-electron chi connectivity index (χ2n) is 5.86. The van der Waals surface area contributed by atoms with Crippen molar-refractivity contribution < 1.29 is 9.90 Å². The molecule has 0 aromatic rings. The van der Waals surface area contributed by atoms with Gasteiger partial charge in [-0.2, -0.15) is 0 Å². The second kappa shape index (κ2) is 5.67. The Kier molecular flexibility index (Phi) is 4.78. The van der Waals surface area contributed by atoms with E-state index in [1.807, 2.05) is 0 Å². The van der Waals surface area contributed by atoms with Gasteiger partial charge in [-0.1, -0.05) is 27.7 Å². The number of aliphatic carboxylic acids is 1. The summed E-state index contributed by atoms with van der Waals surface area (Å²) < 4.78 is 0. The number of carbonyl (C=O) groups is 1. The highest BCUT2D eigenvalue weighted by atomic mass is 16.4.